The van der Waals surface area contributed by atoms with Crippen LogP contribution in [0.25, 0.3) is 0 Å². The van der Waals surface area contributed by atoms with E-state index in [4.69, 9.17) is 0 Å². The van der Waals surface area contributed by atoms with Crippen molar-refractivity contribution in [2.24, 2.45) is 0 Å². The number of nitrogens with zero attached hydrogens (tertiary/aromatic N) is 1. The van der Waals surface area contributed by atoms with E-state index in [1.165, 1.54) is 0 Å². The van der Waals surface area contributed by atoms with Gasteiger partial charge in [0.25, 0.3) is 0 Å². The fourth-order valence-electron chi connectivity index (χ4n) is 1.53. The van der Waals surface area contributed by atoms with Crippen LogP contribution >= 0.6 is 0 Å². The minimum absolute atomic E-state index is 0.556. The van der Waals surface area contributed by atoms with Gasteiger partial charge in [0.2, 0.25) is 0 Å². The lowest BCUT2D eigenvalue weighted by Crippen LogP contribution is -2.00. The van der Waals surface area contributed by atoms with Crippen LogP contribution in [0.3, 0.4) is 0 Å². The molecule has 0 fully saturated rings. The molecule has 0 radical (unpaired) electrons. The third-order valence-corrected chi connectivity index (χ3v) is 2.36. The number of hydrogen-bond donors (Lipinski definition) is 1. The van der Waals surface area contributed by atoms with E-state index < -0.39 is 6.10 Å². The van der Waals surface area contributed by atoms with Crippen LogP contribution in [0.4, 0.5) is 0 Å². The maximum Gasteiger partial charge on any atom is 0.150 e. The molecule has 0 saturated heterocycles. The van der Waals surface area contributed by atoms with Crippen LogP contribution in [0, 0.1) is 0 Å². The van der Waals surface area contributed by atoms with Gasteiger partial charge in [0.05, 0.1) is 0 Å². The Hall–Kier alpha value is -2.00. The van der Waals surface area contributed by atoms with Gasteiger partial charge in [-0.3, -0.25) is 9.78 Å². The summed E-state index contributed by atoms with van der Waals surface area (Å²) in [6.07, 6.45) is 3.28. The van der Waals surface area contributed by atoms with Crippen molar-refractivity contribution in [3.8, 4) is 0 Å². The topological polar surface area (TPSA) is 50.2 Å². The van der Waals surface area contributed by atoms with Gasteiger partial charge in [0.1, 0.15) is 12.4 Å². The number of aromatic nitrogens is 1. The van der Waals surface area contributed by atoms with Crippen LogP contribution in [0.2, 0.25) is 0 Å². The molecule has 1 aromatic heterocycles. The Labute approximate surface area is 93.4 Å². The zero-order valence-corrected chi connectivity index (χ0v) is 8.58. The molecule has 0 bridgehead atoms. The van der Waals surface area contributed by atoms with Crippen LogP contribution in [0.5, 0.6) is 0 Å². The molecule has 1 unspecified atom stereocenters. The van der Waals surface area contributed by atoms with E-state index in [0.29, 0.717) is 16.7 Å². The molecule has 0 spiro atoms. The second-order valence-corrected chi connectivity index (χ2v) is 3.48. The van der Waals surface area contributed by atoms with Gasteiger partial charge in [0, 0.05) is 23.5 Å². The summed E-state index contributed by atoms with van der Waals surface area (Å²) in [5.41, 5.74) is 1.96. The largest absolute Gasteiger partial charge is 0.384 e. The highest BCUT2D eigenvalue weighted by molar-refractivity contribution is 5.75. The lowest BCUT2D eigenvalue weighted by molar-refractivity contribution is 0.112. The number of carbonyl (C=O) groups is 1. The monoisotopic (exact) mass is 213 g/mol. The smallest absolute Gasteiger partial charge is 0.150 e. The standard InChI is InChI=1S/C13H11NO2/c15-9-10-3-1-4-11(7-10)13(16)12-5-2-6-14-8-12/h1-9,13,16H. The second kappa shape index (κ2) is 4.68. The third-order valence-electron chi connectivity index (χ3n) is 2.36. The maximum atomic E-state index is 10.6. The van der Waals surface area contributed by atoms with Crippen LogP contribution in [-0.4, -0.2) is 16.4 Å². The molecular formula is C13H11NO2. The normalized spacial score (nSPS) is 12.1. The van der Waals surface area contributed by atoms with Crippen molar-refractivity contribution in [2.75, 3.05) is 0 Å². The zero-order chi connectivity index (χ0) is 11.4. The Bertz CT molecular complexity index is 482. The third kappa shape index (κ3) is 2.15. The van der Waals surface area contributed by atoms with Crippen molar-refractivity contribution < 1.29 is 9.90 Å². The number of benzene rings is 1. The molecule has 0 aliphatic rings. The van der Waals surface area contributed by atoms with Gasteiger partial charge in [-0.1, -0.05) is 24.3 Å². The van der Waals surface area contributed by atoms with E-state index >= 15 is 0 Å². The predicted octanol–water partition coefficient (Wildman–Crippen LogP) is 1.98. The summed E-state index contributed by atoms with van der Waals surface area (Å²) >= 11 is 0. The molecule has 2 aromatic rings. The van der Waals surface area contributed by atoms with E-state index in [-0.39, 0.29) is 0 Å². The number of pyridine rings is 1. The summed E-state index contributed by atoms with van der Waals surface area (Å²) in [7, 11) is 0. The first kappa shape index (κ1) is 10.5. The number of aliphatic hydroxyl groups is 1. The van der Waals surface area contributed by atoms with Gasteiger partial charge in [-0.15, -0.1) is 0 Å². The van der Waals surface area contributed by atoms with E-state index in [9.17, 15) is 9.90 Å². The molecule has 16 heavy (non-hydrogen) atoms. The van der Waals surface area contributed by atoms with Crippen molar-refractivity contribution in [3.05, 3.63) is 65.5 Å². The maximum absolute atomic E-state index is 10.6. The molecule has 80 valence electrons. The summed E-state index contributed by atoms with van der Waals surface area (Å²) in [5.74, 6) is 0. The van der Waals surface area contributed by atoms with E-state index in [1.807, 2.05) is 0 Å². The second-order valence-electron chi connectivity index (χ2n) is 3.48. The molecule has 1 heterocycles. The fourth-order valence-corrected chi connectivity index (χ4v) is 1.53. The Balaban J connectivity index is 2.34. The molecule has 1 atom stereocenters. The lowest BCUT2D eigenvalue weighted by Gasteiger charge is -2.10. The molecule has 3 nitrogen and oxygen atoms in total. The molecule has 1 N–H and O–H groups in total. The zero-order valence-electron chi connectivity index (χ0n) is 8.58. The van der Waals surface area contributed by atoms with Gasteiger partial charge in [0.15, 0.2) is 0 Å². The van der Waals surface area contributed by atoms with Crippen molar-refractivity contribution in [3.63, 3.8) is 0 Å². The fraction of sp³-hybridized carbons (Fsp3) is 0.0769. The van der Waals surface area contributed by atoms with Gasteiger partial charge >= 0.3 is 0 Å². The molecular weight excluding hydrogens is 202 g/mol. The van der Waals surface area contributed by atoms with Crippen molar-refractivity contribution >= 4 is 6.29 Å². The highest BCUT2D eigenvalue weighted by Gasteiger charge is 2.10. The molecule has 0 aliphatic heterocycles. The number of aldehydes is 1. The van der Waals surface area contributed by atoms with Crippen LogP contribution in [0.15, 0.2) is 48.8 Å². The molecule has 0 aliphatic carbocycles. The van der Waals surface area contributed by atoms with E-state index in [2.05, 4.69) is 4.98 Å². The highest BCUT2D eigenvalue weighted by atomic mass is 16.3. The SMILES string of the molecule is O=Cc1cccc(C(O)c2cccnc2)c1. The Kier molecular flexibility index (Phi) is 3.08. The van der Waals surface area contributed by atoms with Gasteiger partial charge in [-0.25, -0.2) is 0 Å². The summed E-state index contributed by atoms with van der Waals surface area (Å²) in [4.78, 5) is 14.6. The van der Waals surface area contributed by atoms with E-state index in [0.717, 1.165) is 6.29 Å². The first-order valence-electron chi connectivity index (χ1n) is 4.94. The molecule has 1 aromatic carbocycles. The van der Waals surface area contributed by atoms with Crippen LogP contribution in [-0.2, 0) is 0 Å². The quantitative estimate of drug-likeness (QED) is 0.793. The summed E-state index contributed by atoms with van der Waals surface area (Å²) in [6, 6.07) is 10.5. The molecule has 3 heteroatoms. The minimum atomic E-state index is -0.742. The summed E-state index contributed by atoms with van der Waals surface area (Å²) in [6.45, 7) is 0. The number of rotatable bonds is 3. The molecule has 0 amide bonds. The average molecular weight is 213 g/mol. The van der Waals surface area contributed by atoms with Gasteiger partial charge in [-0.05, 0) is 17.7 Å². The molecule has 0 saturated carbocycles. The first-order valence-corrected chi connectivity index (χ1v) is 4.94. The summed E-state index contributed by atoms with van der Waals surface area (Å²) in [5, 5.41) is 10.1. The molecule has 2 rings (SSSR count). The number of aliphatic hydroxyl groups excluding tert-OH is 1. The van der Waals surface area contributed by atoms with Crippen LogP contribution < -0.4 is 0 Å². The Morgan fingerprint density at radius 1 is 1.19 bits per heavy atom. The van der Waals surface area contributed by atoms with Crippen molar-refractivity contribution in [1.29, 1.82) is 0 Å². The number of carbonyl (C=O) groups excluding carboxylic acids is 1. The Morgan fingerprint density at radius 3 is 2.69 bits per heavy atom. The van der Waals surface area contributed by atoms with Gasteiger partial charge in [-0.2, -0.15) is 0 Å². The Morgan fingerprint density at radius 2 is 2.00 bits per heavy atom. The summed E-state index contributed by atoms with van der Waals surface area (Å²) < 4.78 is 0. The van der Waals surface area contributed by atoms with E-state index in [1.54, 1.807) is 48.8 Å². The van der Waals surface area contributed by atoms with Crippen molar-refractivity contribution in [1.82, 2.24) is 4.98 Å². The number of hydrogen-bond acceptors (Lipinski definition) is 3. The first-order chi connectivity index (χ1) is 7.81. The highest BCUT2D eigenvalue weighted by Crippen LogP contribution is 2.21. The average Bonchev–Trinajstić information content (AvgIpc) is 2.39. The van der Waals surface area contributed by atoms with Gasteiger partial charge < -0.3 is 5.11 Å². The van der Waals surface area contributed by atoms with Crippen molar-refractivity contribution in [2.45, 2.75) is 6.10 Å². The lowest BCUT2D eigenvalue weighted by atomic mass is 10.0. The van der Waals surface area contributed by atoms with Crippen LogP contribution in [0.1, 0.15) is 27.6 Å². The minimum Gasteiger partial charge on any atom is -0.384 e. The predicted molar refractivity (Wildman–Crippen MR) is 60.1 cm³/mol.